The van der Waals surface area contributed by atoms with E-state index in [4.69, 9.17) is 4.98 Å². The van der Waals surface area contributed by atoms with Gasteiger partial charge in [-0.1, -0.05) is 93.2 Å². The van der Waals surface area contributed by atoms with Crippen LogP contribution in [0.5, 0.6) is 0 Å². The Balaban J connectivity index is 1.72. The van der Waals surface area contributed by atoms with Gasteiger partial charge in [0.05, 0.1) is 21.4 Å². The molecule has 7 nitrogen and oxygen atoms in total. The number of nitro benzene ring substituents is 1. The molecule has 0 aliphatic carbocycles. The zero-order valence-corrected chi connectivity index (χ0v) is 23.0. The number of aromatic nitrogens is 1. The quantitative estimate of drug-likeness (QED) is 0.148. The molecule has 1 aromatic heterocycles. The molecular weight excluding hydrogens is 508 g/mol. The third kappa shape index (κ3) is 6.51. The third-order valence-electron chi connectivity index (χ3n) is 6.21. The van der Waals surface area contributed by atoms with Crippen LogP contribution in [0.15, 0.2) is 90.0 Å². The summed E-state index contributed by atoms with van der Waals surface area (Å²) < 4.78 is 0. The van der Waals surface area contributed by atoms with Gasteiger partial charge in [0.15, 0.2) is 0 Å². The van der Waals surface area contributed by atoms with E-state index in [-0.39, 0.29) is 17.0 Å². The number of hydrogen-bond acceptors (Lipinski definition) is 6. The number of rotatable bonds is 7. The van der Waals surface area contributed by atoms with Crippen molar-refractivity contribution < 1.29 is 9.72 Å². The zero-order chi connectivity index (χ0) is 28.2. The van der Waals surface area contributed by atoms with Crippen LogP contribution in [0.25, 0.3) is 22.4 Å². The molecule has 0 spiro atoms. The second-order valence-electron chi connectivity index (χ2n) is 10.1. The van der Waals surface area contributed by atoms with E-state index >= 15 is 0 Å². The summed E-state index contributed by atoms with van der Waals surface area (Å²) >= 11 is 1.18. The van der Waals surface area contributed by atoms with Crippen LogP contribution < -0.4 is 5.32 Å². The Kier molecular flexibility index (Phi) is 8.12. The smallest absolute Gasteiger partial charge is 0.271 e. The number of hydrogen-bond donors (Lipinski definition) is 1. The predicted molar refractivity (Wildman–Crippen MR) is 156 cm³/mol. The molecule has 8 heteroatoms. The summed E-state index contributed by atoms with van der Waals surface area (Å²) in [4.78, 5) is 28.4. The number of amides is 1. The Hall–Kier alpha value is -4.48. The molecule has 0 saturated heterocycles. The van der Waals surface area contributed by atoms with Crippen LogP contribution in [-0.4, -0.2) is 21.1 Å². The van der Waals surface area contributed by atoms with Crippen LogP contribution >= 0.6 is 11.8 Å². The molecule has 3 aromatic carbocycles. The predicted octanol–water partition coefficient (Wildman–Crippen LogP) is 7.61. The second kappa shape index (κ2) is 11.5. The van der Waals surface area contributed by atoms with Gasteiger partial charge in [0.25, 0.3) is 5.69 Å². The van der Waals surface area contributed by atoms with Crippen LogP contribution in [0.2, 0.25) is 0 Å². The van der Waals surface area contributed by atoms with Gasteiger partial charge in [-0.15, -0.1) is 0 Å². The molecule has 0 aliphatic rings. The first-order valence-electron chi connectivity index (χ1n) is 12.4. The Bertz CT molecular complexity index is 1560. The Morgan fingerprint density at radius 1 is 1.00 bits per heavy atom. The van der Waals surface area contributed by atoms with Crippen LogP contribution in [0, 0.1) is 21.4 Å². The van der Waals surface area contributed by atoms with E-state index in [2.05, 4.69) is 44.3 Å². The highest BCUT2D eigenvalue weighted by atomic mass is 32.2. The number of carbonyl (C=O) groups excluding carboxylic acids is 1. The number of non-ortho nitro benzene ring substituents is 1. The fourth-order valence-corrected chi connectivity index (χ4v) is 4.94. The van der Waals surface area contributed by atoms with Gasteiger partial charge in [-0.3, -0.25) is 14.9 Å². The second-order valence-corrected chi connectivity index (χ2v) is 11.4. The lowest BCUT2D eigenvalue weighted by atomic mass is 9.86. The summed E-state index contributed by atoms with van der Waals surface area (Å²) in [7, 11) is 0. The van der Waals surface area contributed by atoms with Gasteiger partial charge >= 0.3 is 0 Å². The lowest BCUT2D eigenvalue weighted by molar-refractivity contribution is -0.384. The van der Waals surface area contributed by atoms with Crippen molar-refractivity contribution in [1.29, 1.82) is 5.26 Å². The SMILES string of the molecule is CC(Sc1nc(-c2ccccc2)cc(-c2ccc(C(C)(C)C)cc2)c1C#N)C(=O)Nc1cccc([N+](=O)[O-])c1. The molecular formula is C31H28N4O3S. The average molecular weight is 537 g/mol. The lowest BCUT2D eigenvalue weighted by Gasteiger charge is -2.20. The molecule has 4 rings (SSSR count). The summed E-state index contributed by atoms with van der Waals surface area (Å²) in [6, 6.07) is 27.9. The van der Waals surface area contributed by atoms with Crippen molar-refractivity contribution in [2.45, 2.75) is 43.4 Å². The number of benzene rings is 3. The molecule has 196 valence electrons. The van der Waals surface area contributed by atoms with E-state index in [9.17, 15) is 20.2 Å². The summed E-state index contributed by atoms with van der Waals surface area (Å²) in [6.07, 6.45) is 0. The maximum absolute atomic E-state index is 13.0. The molecule has 1 atom stereocenters. The first kappa shape index (κ1) is 27.6. The van der Waals surface area contributed by atoms with Crippen LogP contribution in [0.1, 0.15) is 38.8 Å². The van der Waals surface area contributed by atoms with Crippen molar-refractivity contribution in [3.8, 4) is 28.5 Å². The summed E-state index contributed by atoms with van der Waals surface area (Å²) in [5.41, 5.74) is 4.99. The number of pyridine rings is 1. The molecule has 0 saturated carbocycles. The molecule has 0 bridgehead atoms. The summed E-state index contributed by atoms with van der Waals surface area (Å²) in [5, 5.41) is 23.8. The van der Waals surface area contributed by atoms with Gasteiger partial charge in [0, 0.05) is 28.9 Å². The first-order chi connectivity index (χ1) is 18.6. The van der Waals surface area contributed by atoms with Crippen LogP contribution in [0.3, 0.4) is 0 Å². The van der Waals surface area contributed by atoms with E-state index in [1.807, 2.05) is 48.5 Å². The minimum Gasteiger partial charge on any atom is -0.325 e. The standard InChI is InChI=1S/C31H28N4O3S/c1-20(29(36)33-24-11-8-12-25(17-24)35(37)38)39-30-27(19-32)26(18-28(34-30)22-9-6-5-7-10-22)21-13-15-23(16-14-21)31(2,3)4/h5-18,20H,1-4H3,(H,33,36). The van der Waals surface area contributed by atoms with Crippen LogP contribution in [-0.2, 0) is 10.2 Å². The van der Waals surface area contributed by atoms with Gasteiger partial charge < -0.3 is 5.32 Å². The molecule has 0 fully saturated rings. The van der Waals surface area contributed by atoms with Gasteiger partial charge in [-0.2, -0.15) is 5.26 Å². The minimum atomic E-state index is -0.633. The fourth-order valence-electron chi connectivity index (χ4n) is 4.01. The van der Waals surface area contributed by atoms with Gasteiger partial charge in [-0.05, 0) is 35.6 Å². The Morgan fingerprint density at radius 2 is 1.69 bits per heavy atom. The van der Waals surface area contributed by atoms with E-state index in [1.165, 1.54) is 35.5 Å². The maximum atomic E-state index is 13.0. The van der Waals surface area contributed by atoms with E-state index in [0.29, 0.717) is 22.0 Å². The topological polar surface area (TPSA) is 109 Å². The molecule has 1 unspecified atom stereocenters. The number of nitro groups is 1. The number of carbonyl (C=O) groups is 1. The molecule has 39 heavy (non-hydrogen) atoms. The molecule has 4 aromatic rings. The molecule has 1 amide bonds. The van der Waals surface area contributed by atoms with Crippen molar-refractivity contribution in [2.24, 2.45) is 0 Å². The van der Waals surface area contributed by atoms with Gasteiger partial charge in [0.2, 0.25) is 5.91 Å². The van der Waals surface area contributed by atoms with E-state index in [1.54, 1.807) is 13.0 Å². The Morgan fingerprint density at radius 3 is 2.31 bits per heavy atom. The van der Waals surface area contributed by atoms with E-state index < -0.39 is 10.2 Å². The number of thioether (sulfide) groups is 1. The summed E-state index contributed by atoms with van der Waals surface area (Å²) in [5.74, 6) is -0.354. The molecule has 0 radical (unpaired) electrons. The fraction of sp³-hybridized carbons (Fsp3) is 0.194. The summed E-state index contributed by atoms with van der Waals surface area (Å²) in [6.45, 7) is 8.17. The highest BCUT2D eigenvalue weighted by molar-refractivity contribution is 8.00. The molecule has 0 aliphatic heterocycles. The lowest BCUT2D eigenvalue weighted by Crippen LogP contribution is -2.22. The van der Waals surface area contributed by atoms with Crippen molar-refractivity contribution in [3.05, 3.63) is 106 Å². The average Bonchev–Trinajstić information content (AvgIpc) is 2.92. The number of nitrogens with one attached hydrogen (secondary N) is 1. The maximum Gasteiger partial charge on any atom is 0.271 e. The zero-order valence-electron chi connectivity index (χ0n) is 22.1. The van der Waals surface area contributed by atoms with Gasteiger partial charge in [0.1, 0.15) is 11.1 Å². The highest BCUT2D eigenvalue weighted by Crippen LogP contribution is 2.36. The van der Waals surface area contributed by atoms with Crippen LogP contribution in [0.4, 0.5) is 11.4 Å². The normalized spacial score (nSPS) is 11.9. The molecule has 1 N–H and O–H groups in total. The molecule has 1 heterocycles. The first-order valence-corrected chi connectivity index (χ1v) is 13.3. The number of anilines is 1. The van der Waals surface area contributed by atoms with Crippen molar-refractivity contribution >= 4 is 29.0 Å². The number of nitrogens with zero attached hydrogens (tertiary/aromatic N) is 3. The monoisotopic (exact) mass is 536 g/mol. The van der Waals surface area contributed by atoms with Crippen molar-refractivity contribution in [1.82, 2.24) is 4.98 Å². The minimum absolute atomic E-state index is 0.00693. The Labute approximate surface area is 232 Å². The highest BCUT2D eigenvalue weighted by Gasteiger charge is 2.22. The van der Waals surface area contributed by atoms with Crippen molar-refractivity contribution in [2.75, 3.05) is 5.32 Å². The number of nitriles is 1. The van der Waals surface area contributed by atoms with Crippen molar-refractivity contribution in [3.63, 3.8) is 0 Å². The van der Waals surface area contributed by atoms with E-state index in [0.717, 1.165) is 16.7 Å². The van der Waals surface area contributed by atoms with Gasteiger partial charge in [-0.25, -0.2) is 4.98 Å². The largest absolute Gasteiger partial charge is 0.325 e. The third-order valence-corrected chi connectivity index (χ3v) is 7.30.